The quantitative estimate of drug-likeness (QED) is 0.529. The number of imidazole rings is 1. The van der Waals surface area contributed by atoms with E-state index in [9.17, 15) is 0 Å². The predicted molar refractivity (Wildman–Crippen MR) is 81.6 cm³/mol. The molecular formula is C14H9ClN4S. The lowest BCUT2D eigenvalue weighted by molar-refractivity contribution is 0.984. The molecule has 0 spiro atoms. The Hall–Kier alpha value is -1.98. The van der Waals surface area contributed by atoms with E-state index in [1.165, 1.54) is 0 Å². The molecule has 0 aliphatic heterocycles. The van der Waals surface area contributed by atoms with Crippen LogP contribution in [0.25, 0.3) is 26.9 Å². The molecule has 3 aromatic heterocycles. The molecule has 20 heavy (non-hydrogen) atoms. The first-order valence-electron chi connectivity index (χ1n) is 6.08. The van der Waals surface area contributed by atoms with Crippen molar-refractivity contribution in [1.29, 1.82) is 0 Å². The average Bonchev–Trinajstić information content (AvgIpc) is 3.09. The second-order valence-electron chi connectivity index (χ2n) is 4.37. The van der Waals surface area contributed by atoms with Gasteiger partial charge < -0.3 is 0 Å². The number of benzene rings is 1. The van der Waals surface area contributed by atoms with Crippen molar-refractivity contribution in [2.75, 3.05) is 0 Å². The van der Waals surface area contributed by atoms with Crippen LogP contribution in [0, 0.1) is 0 Å². The van der Waals surface area contributed by atoms with Crippen molar-refractivity contribution in [3.63, 3.8) is 0 Å². The van der Waals surface area contributed by atoms with Gasteiger partial charge in [0.05, 0.1) is 33.3 Å². The molecular weight excluding hydrogens is 292 g/mol. The molecule has 0 atom stereocenters. The number of alkyl halides is 1. The number of aromatic nitrogens is 4. The fraction of sp³-hybridized carbons (Fsp3) is 0.0714. The molecule has 0 saturated heterocycles. The Labute approximate surface area is 123 Å². The van der Waals surface area contributed by atoms with Gasteiger partial charge in [-0.2, -0.15) is 0 Å². The van der Waals surface area contributed by atoms with Gasteiger partial charge >= 0.3 is 0 Å². The number of halogens is 1. The molecule has 0 unspecified atom stereocenters. The van der Waals surface area contributed by atoms with Crippen molar-refractivity contribution < 1.29 is 0 Å². The van der Waals surface area contributed by atoms with Crippen LogP contribution in [0.4, 0.5) is 0 Å². The summed E-state index contributed by atoms with van der Waals surface area (Å²) in [7, 11) is 0. The summed E-state index contributed by atoms with van der Waals surface area (Å²) in [6, 6.07) is 8.13. The van der Waals surface area contributed by atoms with E-state index in [1.807, 2.05) is 23.7 Å². The van der Waals surface area contributed by atoms with Crippen LogP contribution in [0.5, 0.6) is 0 Å². The molecule has 4 rings (SSSR count). The summed E-state index contributed by atoms with van der Waals surface area (Å²) in [4.78, 5) is 12.9. The summed E-state index contributed by atoms with van der Waals surface area (Å²) in [6.45, 7) is 0. The van der Waals surface area contributed by atoms with Gasteiger partial charge in [0, 0.05) is 11.9 Å². The van der Waals surface area contributed by atoms with E-state index >= 15 is 0 Å². The Balaban J connectivity index is 2.04. The Kier molecular flexibility index (Phi) is 2.68. The average molecular weight is 301 g/mol. The molecule has 4 aromatic rings. The number of hydrogen-bond acceptors (Lipinski definition) is 4. The van der Waals surface area contributed by atoms with Crippen LogP contribution < -0.4 is 0 Å². The fourth-order valence-electron chi connectivity index (χ4n) is 2.34. The van der Waals surface area contributed by atoms with Crippen LogP contribution in [-0.4, -0.2) is 19.5 Å². The first-order valence-corrected chi connectivity index (χ1v) is 7.49. The van der Waals surface area contributed by atoms with Gasteiger partial charge in [0.2, 0.25) is 0 Å². The summed E-state index contributed by atoms with van der Waals surface area (Å²) in [6.07, 6.45) is 3.52. The van der Waals surface area contributed by atoms with E-state index in [4.69, 9.17) is 11.6 Å². The molecule has 0 N–H and O–H groups in total. The number of fused-ring (bicyclic) bond motifs is 2. The maximum absolute atomic E-state index is 6.04. The summed E-state index contributed by atoms with van der Waals surface area (Å²) in [5.74, 6) is 1.17. The fourth-order valence-corrected chi connectivity index (χ4v) is 3.23. The zero-order valence-electron chi connectivity index (χ0n) is 10.3. The Morgan fingerprint density at radius 1 is 1.20 bits per heavy atom. The van der Waals surface area contributed by atoms with Crippen molar-refractivity contribution >= 4 is 44.2 Å². The largest absolute Gasteiger partial charge is 0.295 e. The van der Waals surface area contributed by atoms with Crippen molar-refractivity contribution in [3.8, 4) is 5.69 Å². The highest BCUT2D eigenvalue weighted by atomic mass is 35.5. The van der Waals surface area contributed by atoms with Crippen LogP contribution in [0.1, 0.15) is 5.82 Å². The predicted octanol–water partition coefficient (Wildman–Crippen LogP) is 3.77. The molecule has 98 valence electrons. The minimum Gasteiger partial charge on any atom is -0.295 e. The Morgan fingerprint density at radius 2 is 2.15 bits per heavy atom. The zero-order valence-corrected chi connectivity index (χ0v) is 11.9. The lowest BCUT2D eigenvalue weighted by atomic mass is 10.3. The van der Waals surface area contributed by atoms with Gasteiger partial charge in [-0.05, 0) is 24.3 Å². The number of thiazole rings is 1. The first-order chi connectivity index (χ1) is 9.86. The number of hydrogen-bond donors (Lipinski definition) is 0. The van der Waals surface area contributed by atoms with E-state index in [0.717, 1.165) is 32.8 Å². The molecule has 4 nitrogen and oxygen atoms in total. The molecule has 0 bridgehead atoms. The third kappa shape index (κ3) is 1.71. The van der Waals surface area contributed by atoms with Crippen LogP contribution in [0.15, 0.2) is 42.2 Å². The van der Waals surface area contributed by atoms with Gasteiger partial charge in [-0.15, -0.1) is 22.9 Å². The molecule has 3 heterocycles. The highest BCUT2D eigenvalue weighted by Crippen LogP contribution is 2.26. The van der Waals surface area contributed by atoms with Gasteiger partial charge in [0.25, 0.3) is 0 Å². The second kappa shape index (κ2) is 4.54. The molecule has 0 amide bonds. The van der Waals surface area contributed by atoms with E-state index < -0.39 is 0 Å². The third-order valence-corrected chi connectivity index (χ3v) is 4.25. The normalized spacial score (nSPS) is 11.4. The molecule has 0 fully saturated rings. The topological polar surface area (TPSA) is 43.6 Å². The molecule has 0 radical (unpaired) electrons. The van der Waals surface area contributed by atoms with Gasteiger partial charge in [-0.25, -0.2) is 9.97 Å². The smallest absolute Gasteiger partial charge is 0.129 e. The van der Waals surface area contributed by atoms with Crippen molar-refractivity contribution in [3.05, 3.63) is 48.0 Å². The van der Waals surface area contributed by atoms with Crippen LogP contribution in [0.3, 0.4) is 0 Å². The minimum atomic E-state index is 0.357. The molecule has 1 aromatic carbocycles. The van der Waals surface area contributed by atoms with Gasteiger partial charge in [-0.3, -0.25) is 9.55 Å². The number of rotatable bonds is 2. The van der Waals surface area contributed by atoms with Crippen molar-refractivity contribution in [2.24, 2.45) is 0 Å². The van der Waals surface area contributed by atoms with Gasteiger partial charge in [0.1, 0.15) is 11.3 Å². The molecule has 6 heteroatoms. The minimum absolute atomic E-state index is 0.357. The van der Waals surface area contributed by atoms with Crippen LogP contribution in [0.2, 0.25) is 0 Å². The lowest BCUT2D eigenvalue weighted by Gasteiger charge is -2.07. The summed E-state index contributed by atoms with van der Waals surface area (Å²) in [5.41, 5.74) is 5.78. The molecule has 0 aliphatic carbocycles. The van der Waals surface area contributed by atoms with E-state index in [1.54, 1.807) is 23.7 Å². The third-order valence-electron chi connectivity index (χ3n) is 3.22. The van der Waals surface area contributed by atoms with Gasteiger partial charge in [0.15, 0.2) is 0 Å². The first kappa shape index (κ1) is 11.8. The molecule has 0 saturated carbocycles. The van der Waals surface area contributed by atoms with Crippen LogP contribution in [-0.2, 0) is 5.88 Å². The Bertz CT molecular complexity index is 912. The Morgan fingerprint density at radius 3 is 3.05 bits per heavy atom. The maximum Gasteiger partial charge on any atom is 0.129 e. The highest BCUT2D eigenvalue weighted by molar-refractivity contribution is 7.16. The number of nitrogens with zero attached hydrogens (tertiary/aromatic N) is 4. The lowest BCUT2D eigenvalue weighted by Crippen LogP contribution is -1.98. The summed E-state index contributed by atoms with van der Waals surface area (Å²) < 4.78 is 3.22. The summed E-state index contributed by atoms with van der Waals surface area (Å²) in [5, 5.41) is 0. The van der Waals surface area contributed by atoms with Crippen molar-refractivity contribution in [2.45, 2.75) is 5.88 Å². The monoisotopic (exact) mass is 300 g/mol. The number of pyridine rings is 1. The van der Waals surface area contributed by atoms with E-state index in [2.05, 4.69) is 25.6 Å². The van der Waals surface area contributed by atoms with E-state index in [-0.39, 0.29) is 0 Å². The van der Waals surface area contributed by atoms with Crippen LogP contribution >= 0.6 is 22.9 Å². The SMILES string of the molecule is ClCc1nc2cnccc2n1-c1ccc2ncsc2c1. The standard InChI is InChI=1S/C14H9ClN4S/c15-6-14-18-11-7-16-4-3-12(11)19(14)9-1-2-10-13(5-9)20-8-17-10/h1-5,7-8H,6H2. The second-order valence-corrected chi connectivity index (χ2v) is 5.52. The van der Waals surface area contributed by atoms with Gasteiger partial charge in [-0.1, -0.05) is 0 Å². The maximum atomic E-state index is 6.04. The van der Waals surface area contributed by atoms with E-state index in [0.29, 0.717) is 5.88 Å². The molecule has 0 aliphatic rings. The summed E-state index contributed by atoms with van der Waals surface area (Å²) >= 11 is 7.66. The zero-order chi connectivity index (χ0) is 13.5. The van der Waals surface area contributed by atoms with Crippen molar-refractivity contribution in [1.82, 2.24) is 19.5 Å². The highest BCUT2D eigenvalue weighted by Gasteiger charge is 2.12.